The van der Waals surface area contributed by atoms with Crippen molar-refractivity contribution in [3.63, 3.8) is 0 Å². The lowest BCUT2D eigenvalue weighted by Gasteiger charge is -2.13. The molecule has 0 bridgehead atoms. The Morgan fingerprint density at radius 2 is 1.87 bits per heavy atom. The van der Waals surface area contributed by atoms with Crippen LogP contribution in [0.2, 0.25) is 0 Å². The van der Waals surface area contributed by atoms with E-state index >= 15 is 0 Å². The van der Waals surface area contributed by atoms with Gasteiger partial charge in [0.15, 0.2) is 11.6 Å². The first-order chi connectivity index (χ1) is 14.3. The van der Waals surface area contributed by atoms with Gasteiger partial charge >= 0.3 is 0 Å². The second kappa shape index (κ2) is 8.67. The Balaban J connectivity index is 2.23. The number of aromatic nitrogens is 1. The molecule has 1 aromatic heterocycles. The van der Waals surface area contributed by atoms with Crippen LogP contribution in [-0.2, 0) is 4.79 Å². The molecule has 6 nitrogen and oxygen atoms in total. The topological polar surface area (TPSA) is 80.6 Å². The first kappa shape index (κ1) is 21.5. The number of nitrogens with one attached hydrogen (secondary N) is 1. The van der Waals surface area contributed by atoms with Gasteiger partial charge in [-0.3, -0.25) is 14.2 Å². The number of carbonyl (C=O) groups is 2. The maximum absolute atomic E-state index is 14.5. The number of aryl methyl sites for hydroxylation is 1. The Morgan fingerprint density at radius 1 is 1.20 bits per heavy atom. The molecule has 0 aliphatic carbocycles. The zero-order chi connectivity index (χ0) is 22.0. The van der Waals surface area contributed by atoms with Gasteiger partial charge in [0, 0.05) is 29.3 Å². The highest BCUT2D eigenvalue weighted by Crippen LogP contribution is 2.36. The number of amides is 1. The third-order valence-corrected chi connectivity index (χ3v) is 5.27. The molecule has 1 heterocycles. The molecule has 3 aromatic rings. The molecule has 0 aliphatic rings. The van der Waals surface area contributed by atoms with Gasteiger partial charge in [0.05, 0.1) is 25.2 Å². The van der Waals surface area contributed by atoms with Crippen LogP contribution < -0.4 is 10.1 Å². The van der Waals surface area contributed by atoms with Crippen LogP contribution in [0, 0.1) is 19.7 Å². The number of aliphatic hydroxyl groups is 1. The fraction of sp³-hybridized carbons (Fsp3) is 0.304. The van der Waals surface area contributed by atoms with Crippen molar-refractivity contribution in [2.45, 2.75) is 26.7 Å². The molecule has 30 heavy (non-hydrogen) atoms. The Hall–Kier alpha value is -3.19. The number of aliphatic hydroxyl groups excluding tert-OH is 1. The average molecular weight is 412 g/mol. The van der Waals surface area contributed by atoms with Crippen LogP contribution in [0.15, 0.2) is 36.4 Å². The zero-order valence-electron chi connectivity index (χ0n) is 17.5. The quantitative estimate of drug-likeness (QED) is 0.651. The molecule has 0 spiro atoms. The number of hydrogen-bond acceptors (Lipinski definition) is 4. The third-order valence-electron chi connectivity index (χ3n) is 5.27. The number of rotatable bonds is 6. The first-order valence-corrected chi connectivity index (χ1v) is 9.68. The van der Waals surface area contributed by atoms with E-state index in [-0.39, 0.29) is 30.7 Å². The summed E-state index contributed by atoms with van der Waals surface area (Å²) in [6, 6.07) is 9.89. The van der Waals surface area contributed by atoms with Crippen LogP contribution in [0.4, 0.5) is 4.39 Å². The van der Waals surface area contributed by atoms with Gasteiger partial charge in [-0.05, 0) is 44.5 Å². The number of benzene rings is 2. The summed E-state index contributed by atoms with van der Waals surface area (Å²) in [6.07, 6.45) is 0. The Morgan fingerprint density at radius 3 is 2.47 bits per heavy atom. The normalized spacial score (nSPS) is 12.1. The summed E-state index contributed by atoms with van der Waals surface area (Å²) in [4.78, 5) is 25.9. The van der Waals surface area contributed by atoms with Gasteiger partial charge in [0.25, 0.3) is 5.91 Å². The molecule has 0 radical (unpaired) electrons. The van der Waals surface area contributed by atoms with Gasteiger partial charge < -0.3 is 15.2 Å². The highest BCUT2D eigenvalue weighted by molar-refractivity contribution is 6.05. The molecule has 3 rings (SSSR count). The highest BCUT2D eigenvalue weighted by Gasteiger charge is 2.27. The molecule has 0 fully saturated rings. The van der Waals surface area contributed by atoms with Crippen molar-refractivity contribution in [2.75, 3.05) is 20.3 Å². The molecule has 158 valence electrons. The summed E-state index contributed by atoms with van der Waals surface area (Å²) >= 11 is 0. The minimum Gasteiger partial charge on any atom is -0.494 e. The molecule has 1 unspecified atom stereocenters. The molecule has 0 saturated carbocycles. The Kier molecular flexibility index (Phi) is 6.22. The fourth-order valence-electron chi connectivity index (χ4n) is 3.69. The average Bonchev–Trinajstić information content (AvgIpc) is 3.01. The van der Waals surface area contributed by atoms with Crippen molar-refractivity contribution >= 4 is 22.7 Å². The third kappa shape index (κ3) is 3.80. The Bertz CT molecular complexity index is 1100. The van der Waals surface area contributed by atoms with E-state index in [0.29, 0.717) is 27.7 Å². The monoisotopic (exact) mass is 412 g/mol. The standard InChI is InChI=1S/C23H25FN2O4/c1-13-5-7-16(8-6-13)23(29)26-15(3)21(14(2)22(28)25-9-10-27)17-11-20(30-4)18(24)12-19(17)26/h5-8,11-12,14,27H,9-10H2,1-4H3,(H,25,28). The zero-order valence-corrected chi connectivity index (χ0v) is 17.5. The number of carbonyl (C=O) groups excluding carboxylic acids is 2. The first-order valence-electron chi connectivity index (χ1n) is 9.68. The number of nitrogens with zero attached hydrogens (tertiary/aromatic N) is 1. The predicted molar refractivity (Wildman–Crippen MR) is 113 cm³/mol. The molecule has 2 N–H and O–H groups in total. The van der Waals surface area contributed by atoms with Crippen LogP contribution in [0.5, 0.6) is 5.75 Å². The highest BCUT2D eigenvalue weighted by atomic mass is 19.1. The van der Waals surface area contributed by atoms with Crippen LogP contribution in [0.3, 0.4) is 0 Å². The van der Waals surface area contributed by atoms with Crippen molar-refractivity contribution in [1.29, 1.82) is 0 Å². The van der Waals surface area contributed by atoms with Gasteiger partial charge in [-0.25, -0.2) is 4.39 Å². The van der Waals surface area contributed by atoms with Crippen molar-refractivity contribution < 1.29 is 23.8 Å². The van der Waals surface area contributed by atoms with Gasteiger partial charge in [0.2, 0.25) is 5.91 Å². The lowest BCUT2D eigenvalue weighted by molar-refractivity contribution is -0.122. The van der Waals surface area contributed by atoms with E-state index in [0.717, 1.165) is 5.56 Å². The number of methoxy groups -OCH3 is 1. The van der Waals surface area contributed by atoms with Crippen molar-refractivity contribution in [3.8, 4) is 5.75 Å². The van der Waals surface area contributed by atoms with Crippen molar-refractivity contribution in [2.24, 2.45) is 0 Å². The number of halogens is 1. The van der Waals surface area contributed by atoms with E-state index < -0.39 is 11.7 Å². The maximum atomic E-state index is 14.5. The van der Waals surface area contributed by atoms with E-state index in [4.69, 9.17) is 9.84 Å². The predicted octanol–water partition coefficient (Wildman–Crippen LogP) is 3.31. The van der Waals surface area contributed by atoms with Crippen molar-refractivity contribution in [3.05, 3.63) is 64.6 Å². The lowest BCUT2D eigenvalue weighted by atomic mass is 9.97. The number of hydrogen-bond donors (Lipinski definition) is 2. The molecule has 7 heteroatoms. The largest absolute Gasteiger partial charge is 0.494 e. The van der Waals surface area contributed by atoms with Crippen LogP contribution in [0.25, 0.3) is 10.9 Å². The molecule has 0 saturated heterocycles. The van der Waals surface area contributed by atoms with Gasteiger partial charge in [-0.15, -0.1) is 0 Å². The fourth-order valence-corrected chi connectivity index (χ4v) is 3.69. The van der Waals surface area contributed by atoms with E-state index in [1.54, 1.807) is 26.0 Å². The molecular formula is C23H25FN2O4. The second-order valence-electron chi connectivity index (χ2n) is 7.25. The summed E-state index contributed by atoms with van der Waals surface area (Å²) < 4.78 is 21.1. The van der Waals surface area contributed by atoms with E-state index in [9.17, 15) is 14.0 Å². The molecule has 0 aliphatic heterocycles. The Labute approximate surface area is 174 Å². The summed E-state index contributed by atoms with van der Waals surface area (Å²) in [5.41, 5.74) is 3.01. The molecular weight excluding hydrogens is 387 g/mol. The minimum absolute atomic E-state index is 0.0339. The number of fused-ring (bicyclic) bond motifs is 1. The summed E-state index contributed by atoms with van der Waals surface area (Å²) in [7, 11) is 1.36. The van der Waals surface area contributed by atoms with Crippen LogP contribution in [-0.4, -0.2) is 41.7 Å². The molecule has 1 atom stereocenters. The van der Waals surface area contributed by atoms with Gasteiger partial charge in [0.1, 0.15) is 0 Å². The van der Waals surface area contributed by atoms with Gasteiger partial charge in [-0.1, -0.05) is 17.7 Å². The van der Waals surface area contributed by atoms with Gasteiger partial charge in [-0.2, -0.15) is 0 Å². The van der Waals surface area contributed by atoms with E-state index in [2.05, 4.69) is 5.32 Å². The minimum atomic E-state index is -0.624. The molecule has 2 aromatic carbocycles. The van der Waals surface area contributed by atoms with Crippen LogP contribution in [0.1, 0.15) is 40.0 Å². The SMILES string of the molecule is COc1cc2c(C(C)C(=O)NCCO)c(C)n(C(=O)c3ccc(C)cc3)c2cc1F. The molecule has 1 amide bonds. The number of ether oxygens (including phenoxy) is 1. The van der Waals surface area contributed by atoms with E-state index in [1.165, 1.54) is 23.8 Å². The maximum Gasteiger partial charge on any atom is 0.262 e. The summed E-state index contributed by atoms with van der Waals surface area (Å²) in [5.74, 6) is -1.79. The lowest BCUT2D eigenvalue weighted by Crippen LogP contribution is -2.30. The van der Waals surface area contributed by atoms with E-state index in [1.807, 2.05) is 19.1 Å². The summed E-state index contributed by atoms with van der Waals surface area (Å²) in [6.45, 7) is 5.33. The van der Waals surface area contributed by atoms with Crippen molar-refractivity contribution in [1.82, 2.24) is 9.88 Å². The second-order valence-corrected chi connectivity index (χ2v) is 7.25. The smallest absolute Gasteiger partial charge is 0.262 e. The van der Waals surface area contributed by atoms with Crippen LogP contribution >= 0.6 is 0 Å². The summed E-state index contributed by atoms with van der Waals surface area (Å²) in [5, 5.41) is 12.2.